The van der Waals surface area contributed by atoms with Crippen LogP contribution in [0.1, 0.15) is 25.3 Å². The van der Waals surface area contributed by atoms with E-state index in [1.165, 1.54) is 5.56 Å². The van der Waals surface area contributed by atoms with E-state index in [0.717, 1.165) is 4.46 Å². The molecule has 1 rings (SSSR count). The van der Waals surface area contributed by atoms with Gasteiger partial charge in [0.25, 0.3) is 0 Å². The van der Waals surface area contributed by atoms with Crippen LogP contribution < -0.4 is 4.46 Å². The van der Waals surface area contributed by atoms with E-state index in [4.69, 9.17) is 0 Å². The maximum atomic E-state index is 9.87. The van der Waals surface area contributed by atoms with Gasteiger partial charge >= 0.3 is 103 Å². The van der Waals surface area contributed by atoms with Crippen LogP contribution in [0.2, 0.25) is 0 Å². The second-order valence-electron chi connectivity index (χ2n) is 3.62. The number of rotatable bonds is 1. The van der Waals surface area contributed by atoms with E-state index in [0.29, 0.717) is 5.92 Å². The summed E-state index contributed by atoms with van der Waals surface area (Å²) in [7, 11) is -10.7. The molecule has 0 aromatic heterocycles. The molecule has 8 heteroatoms. The monoisotopic (exact) mass is 320 g/mol. The summed E-state index contributed by atoms with van der Waals surface area (Å²) in [6.45, 7) is 4.37. The van der Waals surface area contributed by atoms with Gasteiger partial charge in [0.1, 0.15) is 0 Å². The molecule has 0 nitrogen and oxygen atoms in total. The SMILES string of the molecule is CC(C)c1cccc[c]1[Fe].F[P-](F)(F)(F)(F)F. The topological polar surface area (TPSA) is 0 Å². The van der Waals surface area contributed by atoms with Gasteiger partial charge in [-0.05, 0) is 0 Å². The molecule has 0 aliphatic rings. The fraction of sp³-hybridized carbons (Fsp3) is 0.333. The van der Waals surface area contributed by atoms with Gasteiger partial charge in [0.05, 0.1) is 0 Å². The average Bonchev–Trinajstić information content (AvgIpc) is 1.98. The number of benzene rings is 1. The fourth-order valence-corrected chi connectivity index (χ4v) is 1.45. The van der Waals surface area contributed by atoms with Crippen LogP contribution >= 0.6 is 7.81 Å². The molecular formula is C9H11F6FeP-. The Balaban J connectivity index is 0.000000325. The first-order valence-electron chi connectivity index (χ1n) is 4.46. The van der Waals surface area contributed by atoms with Crippen molar-refractivity contribution >= 4 is 12.3 Å². The summed E-state index contributed by atoms with van der Waals surface area (Å²) in [5.74, 6) is 0.591. The standard InChI is InChI=1S/C9H11.F6P.Fe/c1-8(2)9-6-4-3-5-7-9;1-7(2,3,4,5)6;/h3-6,8H,1-2H3;;/q;-1;. The molecule has 0 aliphatic heterocycles. The predicted molar refractivity (Wildman–Crippen MR) is 53.7 cm³/mol. The van der Waals surface area contributed by atoms with Crippen LogP contribution in [-0.4, -0.2) is 0 Å². The molecule has 0 spiro atoms. The molecule has 0 unspecified atom stereocenters. The molecule has 0 N–H and O–H groups in total. The van der Waals surface area contributed by atoms with Gasteiger partial charge < -0.3 is 0 Å². The Bertz CT molecular complexity index is 371. The van der Waals surface area contributed by atoms with Crippen LogP contribution in [0.25, 0.3) is 0 Å². The van der Waals surface area contributed by atoms with Crippen molar-refractivity contribution in [1.82, 2.24) is 0 Å². The summed E-state index contributed by atoms with van der Waals surface area (Å²) in [4.78, 5) is 0. The van der Waals surface area contributed by atoms with Gasteiger partial charge in [0.15, 0.2) is 0 Å². The van der Waals surface area contributed by atoms with Gasteiger partial charge in [0.2, 0.25) is 0 Å². The summed E-state index contributed by atoms with van der Waals surface area (Å²) in [6.07, 6.45) is 0. The Morgan fingerprint density at radius 2 is 1.29 bits per heavy atom. The minimum atomic E-state index is -10.7. The molecule has 0 aliphatic carbocycles. The molecule has 0 bridgehead atoms. The van der Waals surface area contributed by atoms with Crippen molar-refractivity contribution in [3.63, 3.8) is 0 Å². The van der Waals surface area contributed by atoms with Crippen LogP contribution in [0, 0.1) is 0 Å². The number of hydrogen-bond donors (Lipinski definition) is 0. The summed E-state index contributed by atoms with van der Waals surface area (Å²) >= 11 is 3.94. The molecule has 1 aromatic rings. The first-order chi connectivity index (χ1) is 7.16. The van der Waals surface area contributed by atoms with E-state index in [-0.39, 0.29) is 0 Å². The third-order valence-electron chi connectivity index (χ3n) is 1.52. The maximum absolute atomic E-state index is 10.7. The molecule has 0 amide bonds. The molecule has 0 atom stereocenters. The second-order valence-corrected chi connectivity index (χ2v) is 6.13. The third kappa shape index (κ3) is 13.7. The zero-order valence-electron chi connectivity index (χ0n) is 8.96. The second kappa shape index (κ2) is 4.45. The summed E-state index contributed by atoms with van der Waals surface area (Å²) in [5, 5.41) is 0. The summed E-state index contributed by atoms with van der Waals surface area (Å²) in [6, 6.07) is 8.26. The number of hydrogen-bond acceptors (Lipinski definition) is 0. The van der Waals surface area contributed by atoms with Crippen molar-refractivity contribution in [2.45, 2.75) is 19.8 Å². The Hall–Kier alpha value is -0.251. The molecule has 103 valence electrons. The van der Waals surface area contributed by atoms with E-state index in [2.05, 4.69) is 48.1 Å². The molecular weight excluding hydrogens is 309 g/mol. The first kappa shape index (κ1) is 16.7. The Kier molecular flexibility index (Phi) is 4.38. The van der Waals surface area contributed by atoms with Crippen molar-refractivity contribution in [1.29, 1.82) is 0 Å². The normalized spacial score (nSPS) is 15.6. The van der Waals surface area contributed by atoms with Crippen LogP contribution in [0.4, 0.5) is 25.2 Å². The molecule has 1 aromatic carbocycles. The predicted octanol–water partition coefficient (Wildman–Crippen LogP) is 5.36. The van der Waals surface area contributed by atoms with Gasteiger partial charge in [-0.3, -0.25) is 0 Å². The Labute approximate surface area is 103 Å². The van der Waals surface area contributed by atoms with Crippen molar-refractivity contribution in [3.05, 3.63) is 29.8 Å². The molecule has 17 heavy (non-hydrogen) atoms. The van der Waals surface area contributed by atoms with Crippen LogP contribution in [0.5, 0.6) is 0 Å². The average molecular weight is 320 g/mol. The zero-order valence-corrected chi connectivity index (χ0v) is 11.0. The van der Waals surface area contributed by atoms with E-state index in [9.17, 15) is 25.2 Å². The van der Waals surface area contributed by atoms with E-state index < -0.39 is 7.81 Å². The van der Waals surface area contributed by atoms with Gasteiger partial charge in [0, 0.05) is 0 Å². The van der Waals surface area contributed by atoms with Gasteiger partial charge in [-0.25, -0.2) is 0 Å². The van der Waals surface area contributed by atoms with Crippen LogP contribution in [0.3, 0.4) is 0 Å². The molecule has 0 saturated carbocycles. The third-order valence-corrected chi connectivity index (χ3v) is 2.02. The van der Waals surface area contributed by atoms with Crippen LogP contribution in [-0.2, 0) is 16.0 Å². The summed E-state index contributed by atoms with van der Waals surface area (Å²) in [5.41, 5.74) is 1.35. The van der Waals surface area contributed by atoms with Gasteiger partial charge in [-0.1, -0.05) is 0 Å². The van der Waals surface area contributed by atoms with Gasteiger partial charge in [-0.15, -0.1) is 0 Å². The number of halogens is 6. The van der Waals surface area contributed by atoms with E-state index in [1.54, 1.807) is 0 Å². The fourth-order valence-electron chi connectivity index (χ4n) is 0.932. The van der Waals surface area contributed by atoms with E-state index in [1.807, 2.05) is 6.07 Å². The van der Waals surface area contributed by atoms with Crippen molar-refractivity contribution < 1.29 is 41.2 Å². The molecule has 0 heterocycles. The van der Waals surface area contributed by atoms with Crippen LogP contribution in [0.15, 0.2) is 24.3 Å². The molecule has 0 radical (unpaired) electrons. The minimum absolute atomic E-state index is 0.591. The first-order valence-corrected chi connectivity index (χ1v) is 7.04. The van der Waals surface area contributed by atoms with Crippen molar-refractivity contribution in [3.8, 4) is 0 Å². The Morgan fingerprint density at radius 3 is 1.53 bits per heavy atom. The van der Waals surface area contributed by atoms with Gasteiger partial charge in [-0.2, -0.15) is 0 Å². The molecule has 0 saturated heterocycles. The quantitative estimate of drug-likeness (QED) is 0.371. The summed E-state index contributed by atoms with van der Waals surface area (Å²) < 4.78 is 60.3. The van der Waals surface area contributed by atoms with Crippen molar-refractivity contribution in [2.24, 2.45) is 0 Å². The molecule has 0 fully saturated rings. The van der Waals surface area contributed by atoms with E-state index >= 15 is 0 Å². The zero-order chi connectivity index (χ0) is 14.0. The van der Waals surface area contributed by atoms with Crippen molar-refractivity contribution in [2.75, 3.05) is 0 Å². The Morgan fingerprint density at radius 1 is 0.941 bits per heavy atom.